The standard InChI is InChI=1S/C25H20N4O4S/c1-3-12-28-20-11-8-16(14-22(20)34-21-7-5-4-6-18(21)25(28)30)23-26-24(33-27-23)17-9-10-19(29(31)32)15(2)13-17/h4-11,13-14H,3,12H2,1-2H3. The Bertz CT molecular complexity index is 1430. The molecule has 5 rings (SSSR count). The van der Waals surface area contributed by atoms with Gasteiger partial charge in [0.25, 0.3) is 17.5 Å². The molecular weight excluding hydrogens is 452 g/mol. The maximum Gasteiger partial charge on any atom is 0.272 e. The van der Waals surface area contributed by atoms with E-state index in [1.807, 2.05) is 54.3 Å². The molecule has 0 saturated heterocycles. The number of nitro groups is 1. The molecule has 9 heteroatoms. The first kappa shape index (κ1) is 21.8. The maximum absolute atomic E-state index is 13.2. The van der Waals surface area contributed by atoms with Gasteiger partial charge in [-0.2, -0.15) is 4.98 Å². The molecular formula is C25H20N4O4S. The number of rotatable bonds is 5. The number of hydrogen-bond acceptors (Lipinski definition) is 7. The zero-order chi connectivity index (χ0) is 23.8. The number of anilines is 1. The number of nitrogens with zero attached hydrogens (tertiary/aromatic N) is 4. The molecule has 8 nitrogen and oxygen atoms in total. The van der Waals surface area contributed by atoms with E-state index in [4.69, 9.17) is 4.52 Å². The van der Waals surface area contributed by atoms with Crippen LogP contribution in [-0.4, -0.2) is 27.5 Å². The summed E-state index contributed by atoms with van der Waals surface area (Å²) in [6.45, 7) is 4.34. The van der Waals surface area contributed by atoms with Crippen LogP contribution in [0.4, 0.5) is 11.4 Å². The summed E-state index contributed by atoms with van der Waals surface area (Å²) in [4.78, 5) is 32.1. The van der Waals surface area contributed by atoms with E-state index in [9.17, 15) is 14.9 Å². The van der Waals surface area contributed by atoms with Gasteiger partial charge in [0.05, 0.1) is 16.2 Å². The molecule has 0 unspecified atom stereocenters. The molecule has 0 radical (unpaired) electrons. The summed E-state index contributed by atoms with van der Waals surface area (Å²) in [5, 5.41) is 15.2. The molecule has 1 amide bonds. The highest BCUT2D eigenvalue weighted by molar-refractivity contribution is 7.99. The summed E-state index contributed by atoms with van der Waals surface area (Å²) < 4.78 is 5.46. The average molecular weight is 473 g/mol. The Hall–Kier alpha value is -3.98. The highest BCUT2D eigenvalue weighted by atomic mass is 32.2. The number of aromatic nitrogens is 2. The number of aryl methyl sites for hydroxylation is 1. The minimum atomic E-state index is -0.420. The second-order valence-corrected chi connectivity index (χ2v) is 9.00. The molecule has 1 aliphatic rings. The predicted octanol–water partition coefficient (Wildman–Crippen LogP) is 6.14. The molecule has 1 aromatic heterocycles. The van der Waals surface area contributed by atoms with Crippen LogP contribution in [0.2, 0.25) is 0 Å². The molecule has 34 heavy (non-hydrogen) atoms. The summed E-state index contributed by atoms with van der Waals surface area (Å²) in [5.74, 6) is 0.677. The smallest absolute Gasteiger partial charge is 0.272 e. The third-order valence-corrected chi connectivity index (χ3v) is 6.73. The molecule has 0 bridgehead atoms. The van der Waals surface area contributed by atoms with Crippen LogP contribution in [-0.2, 0) is 0 Å². The zero-order valence-corrected chi connectivity index (χ0v) is 19.3. The van der Waals surface area contributed by atoms with Gasteiger partial charge in [0, 0.05) is 39.1 Å². The number of fused-ring (bicyclic) bond motifs is 2. The summed E-state index contributed by atoms with van der Waals surface area (Å²) >= 11 is 1.54. The number of carbonyl (C=O) groups excluding carboxylic acids is 1. The van der Waals surface area contributed by atoms with E-state index in [0.29, 0.717) is 29.1 Å². The first-order valence-electron chi connectivity index (χ1n) is 10.8. The summed E-state index contributed by atoms with van der Waals surface area (Å²) in [7, 11) is 0. The molecule has 0 atom stereocenters. The van der Waals surface area contributed by atoms with Crippen LogP contribution in [0.3, 0.4) is 0 Å². The Morgan fingerprint density at radius 2 is 1.85 bits per heavy atom. The number of amides is 1. The minimum Gasteiger partial charge on any atom is -0.334 e. The largest absolute Gasteiger partial charge is 0.334 e. The van der Waals surface area contributed by atoms with Crippen molar-refractivity contribution in [1.29, 1.82) is 0 Å². The van der Waals surface area contributed by atoms with Gasteiger partial charge in [-0.1, -0.05) is 36.0 Å². The van der Waals surface area contributed by atoms with Crippen molar-refractivity contribution in [2.75, 3.05) is 11.4 Å². The second-order valence-electron chi connectivity index (χ2n) is 7.92. The summed E-state index contributed by atoms with van der Waals surface area (Å²) in [5.41, 5.74) is 3.46. The molecule has 0 aliphatic carbocycles. The molecule has 1 aliphatic heterocycles. The van der Waals surface area contributed by atoms with Gasteiger partial charge in [-0.15, -0.1) is 0 Å². The number of carbonyl (C=O) groups is 1. The van der Waals surface area contributed by atoms with Crippen molar-refractivity contribution in [2.24, 2.45) is 0 Å². The minimum absolute atomic E-state index is 0.00756. The first-order valence-corrected chi connectivity index (χ1v) is 11.6. The fourth-order valence-corrected chi connectivity index (χ4v) is 5.08. The molecule has 4 aromatic rings. The van der Waals surface area contributed by atoms with Crippen LogP contribution in [0.5, 0.6) is 0 Å². The van der Waals surface area contributed by atoms with Crippen LogP contribution < -0.4 is 4.90 Å². The van der Waals surface area contributed by atoms with Gasteiger partial charge in [0.15, 0.2) is 0 Å². The van der Waals surface area contributed by atoms with Crippen molar-refractivity contribution in [3.05, 3.63) is 81.9 Å². The van der Waals surface area contributed by atoms with Crippen molar-refractivity contribution in [3.63, 3.8) is 0 Å². The van der Waals surface area contributed by atoms with Crippen molar-refractivity contribution >= 4 is 29.0 Å². The Balaban J connectivity index is 1.53. The molecule has 3 aromatic carbocycles. The fraction of sp³-hybridized carbons (Fsp3) is 0.160. The molecule has 0 N–H and O–H groups in total. The highest BCUT2D eigenvalue weighted by Crippen LogP contribution is 2.43. The highest BCUT2D eigenvalue weighted by Gasteiger charge is 2.27. The quantitative estimate of drug-likeness (QED) is 0.254. The van der Waals surface area contributed by atoms with E-state index in [0.717, 1.165) is 27.5 Å². The number of hydrogen-bond donors (Lipinski definition) is 0. The third-order valence-electron chi connectivity index (χ3n) is 5.61. The fourth-order valence-electron chi connectivity index (χ4n) is 3.96. The van der Waals surface area contributed by atoms with E-state index in [1.165, 1.54) is 6.07 Å². The topological polar surface area (TPSA) is 102 Å². The predicted molar refractivity (Wildman–Crippen MR) is 129 cm³/mol. The lowest BCUT2D eigenvalue weighted by molar-refractivity contribution is -0.385. The average Bonchev–Trinajstić information content (AvgIpc) is 3.29. The Kier molecular flexibility index (Phi) is 5.62. The van der Waals surface area contributed by atoms with Gasteiger partial charge in [0.2, 0.25) is 5.82 Å². The van der Waals surface area contributed by atoms with E-state index >= 15 is 0 Å². The molecule has 0 fully saturated rings. The van der Waals surface area contributed by atoms with E-state index in [1.54, 1.807) is 30.8 Å². The Morgan fingerprint density at radius 3 is 2.62 bits per heavy atom. The molecule has 2 heterocycles. The molecule has 0 saturated carbocycles. The lowest BCUT2D eigenvalue weighted by Crippen LogP contribution is -2.31. The van der Waals surface area contributed by atoms with E-state index < -0.39 is 4.92 Å². The van der Waals surface area contributed by atoms with Crippen LogP contribution in [0, 0.1) is 17.0 Å². The Labute approximate surface area is 199 Å². The molecule has 0 spiro atoms. The summed E-state index contributed by atoms with van der Waals surface area (Å²) in [6.07, 6.45) is 0.836. The number of nitro benzene ring substituents is 1. The van der Waals surface area contributed by atoms with Gasteiger partial charge in [-0.05, 0) is 55.8 Å². The van der Waals surface area contributed by atoms with E-state index in [2.05, 4.69) is 10.1 Å². The zero-order valence-electron chi connectivity index (χ0n) is 18.5. The second kappa shape index (κ2) is 8.75. The monoisotopic (exact) mass is 472 g/mol. The third kappa shape index (κ3) is 3.84. The summed E-state index contributed by atoms with van der Waals surface area (Å²) in [6, 6.07) is 18.1. The maximum atomic E-state index is 13.2. The van der Waals surface area contributed by atoms with Gasteiger partial charge in [0.1, 0.15) is 0 Å². The van der Waals surface area contributed by atoms with Crippen LogP contribution in [0.25, 0.3) is 22.8 Å². The first-order chi connectivity index (χ1) is 16.5. The number of benzene rings is 3. The van der Waals surface area contributed by atoms with Crippen LogP contribution >= 0.6 is 11.8 Å². The van der Waals surface area contributed by atoms with Crippen molar-refractivity contribution in [2.45, 2.75) is 30.1 Å². The van der Waals surface area contributed by atoms with Crippen LogP contribution in [0.1, 0.15) is 29.3 Å². The Morgan fingerprint density at radius 1 is 1.06 bits per heavy atom. The normalized spacial score (nSPS) is 12.8. The van der Waals surface area contributed by atoms with Crippen molar-refractivity contribution in [1.82, 2.24) is 10.1 Å². The van der Waals surface area contributed by atoms with Crippen molar-refractivity contribution in [3.8, 4) is 22.8 Å². The van der Waals surface area contributed by atoms with Gasteiger partial charge in [-0.25, -0.2) is 0 Å². The van der Waals surface area contributed by atoms with E-state index in [-0.39, 0.29) is 17.5 Å². The van der Waals surface area contributed by atoms with Crippen LogP contribution in [0.15, 0.2) is 75.0 Å². The van der Waals surface area contributed by atoms with Gasteiger partial charge >= 0.3 is 0 Å². The lowest BCUT2D eigenvalue weighted by atomic mass is 10.1. The SMILES string of the molecule is CCCN1C(=O)c2ccccc2Sc2cc(-c3noc(-c4ccc([N+](=O)[O-])c(C)c4)n3)ccc21. The van der Waals surface area contributed by atoms with Crippen molar-refractivity contribution < 1.29 is 14.2 Å². The van der Waals surface area contributed by atoms with Gasteiger partial charge in [-0.3, -0.25) is 14.9 Å². The lowest BCUT2D eigenvalue weighted by Gasteiger charge is -2.22. The molecule has 170 valence electrons. The van der Waals surface area contributed by atoms with Gasteiger partial charge < -0.3 is 9.42 Å².